The summed E-state index contributed by atoms with van der Waals surface area (Å²) in [5.41, 5.74) is 1.80. The molecular weight excluding hydrogens is 452 g/mol. The van der Waals surface area contributed by atoms with Gasteiger partial charge in [0.05, 0.1) is 17.6 Å². The van der Waals surface area contributed by atoms with Crippen molar-refractivity contribution in [2.75, 3.05) is 24.4 Å². The predicted molar refractivity (Wildman–Crippen MR) is 125 cm³/mol. The van der Waals surface area contributed by atoms with Crippen molar-refractivity contribution in [2.45, 2.75) is 13.8 Å². The molecule has 1 aromatic heterocycles. The fourth-order valence-corrected chi connectivity index (χ4v) is 4.20. The molecule has 2 amide bonds. The number of para-hydroxylation sites is 1. The van der Waals surface area contributed by atoms with Gasteiger partial charge >= 0.3 is 5.97 Å². The Bertz CT molecular complexity index is 1160. The number of nitrogens with one attached hydrogen (secondary N) is 2. The molecule has 0 saturated heterocycles. The number of anilines is 2. The number of ether oxygens (including phenoxy) is 2. The number of esters is 1. The van der Waals surface area contributed by atoms with Crippen molar-refractivity contribution in [1.82, 2.24) is 0 Å². The van der Waals surface area contributed by atoms with Crippen LogP contribution in [0, 0.1) is 13.8 Å². The molecule has 3 rings (SSSR count). The van der Waals surface area contributed by atoms with E-state index in [2.05, 4.69) is 10.6 Å². The van der Waals surface area contributed by atoms with Crippen LogP contribution in [0.15, 0.2) is 48.5 Å². The number of rotatable bonds is 7. The summed E-state index contributed by atoms with van der Waals surface area (Å²) in [6, 6.07) is 14.0. The maximum absolute atomic E-state index is 12.9. The molecule has 0 unspecified atom stereocenters. The molecule has 0 aliphatic rings. The predicted octanol–water partition coefficient (Wildman–Crippen LogP) is 5.07. The summed E-state index contributed by atoms with van der Waals surface area (Å²) in [4.78, 5) is 38.0. The quantitative estimate of drug-likeness (QED) is 0.468. The molecule has 0 radical (unpaired) electrons. The lowest BCUT2D eigenvalue weighted by molar-refractivity contribution is -0.118. The summed E-state index contributed by atoms with van der Waals surface area (Å²) >= 11 is 7.11. The van der Waals surface area contributed by atoms with Gasteiger partial charge in [0.1, 0.15) is 10.8 Å². The molecule has 0 fully saturated rings. The van der Waals surface area contributed by atoms with E-state index < -0.39 is 17.8 Å². The van der Waals surface area contributed by atoms with Crippen LogP contribution in [0.25, 0.3) is 0 Å². The van der Waals surface area contributed by atoms with Gasteiger partial charge in [-0.25, -0.2) is 4.79 Å². The standard InChI is InChI=1S/C23H21ClN2O5S/c1-13-16(24)10-7-11-17(13)25-21(28)20-14(2)19(23(29)30-3)22(32-20)26-18(27)12-31-15-8-5-4-6-9-15/h4-11H,12H2,1-3H3,(H,25,28)(H,26,27). The molecule has 0 spiro atoms. The first kappa shape index (κ1) is 23.3. The summed E-state index contributed by atoms with van der Waals surface area (Å²) in [5.74, 6) is -1.02. The largest absolute Gasteiger partial charge is 0.484 e. The van der Waals surface area contributed by atoms with Crippen molar-refractivity contribution in [3.05, 3.63) is 75.1 Å². The third kappa shape index (κ3) is 5.27. The highest BCUT2D eigenvalue weighted by atomic mass is 35.5. The van der Waals surface area contributed by atoms with Crippen molar-refractivity contribution >= 4 is 51.4 Å². The van der Waals surface area contributed by atoms with Crippen LogP contribution in [0.1, 0.15) is 31.2 Å². The van der Waals surface area contributed by atoms with Gasteiger partial charge in [-0.15, -0.1) is 11.3 Å². The molecule has 0 saturated carbocycles. The van der Waals surface area contributed by atoms with E-state index in [9.17, 15) is 14.4 Å². The van der Waals surface area contributed by atoms with Crippen LogP contribution in [0.2, 0.25) is 5.02 Å². The van der Waals surface area contributed by atoms with Crippen LogP contribution in [-0.2, 0) is 9.53 Å². The van der Waals surface area contributed by atoms with Crippen molar-refractivity contribution in [3.8, 4) is 5.75 Å². The Morgan fingerprint density at radius 1 is 0.969 bits per heavy atom. The summed E-state index contributed by atoms with van der Waals surface area (Å²) in [6.07, 6.45) is 0. The number of halogens is 1. The minimum Gasteiger partial charge on any atom is -0.484 e. The van der Waals surface area contributed by atoms with Gasteiger partial charge in [0.25, 0.3) is 11.8 Å². The molecule has 9 heteroatoms. The maximum Gasteiger partial charge on any atom is 0.341 e. The normalized spacial score (nSPS) is 10.4. The number of carbonyl (C=O) groups excluding carboxylic acids is 3. The van der Waals surface area contributed by atoms with E-state index in [-0.39, 0.29) is 22.0 Å². The van der Waals surface area contributed by atoms with Crippen molar-refractivity contribution in [3.63, 3.8) is 0 Å². The maximum atomic E-state index is 12.9. The Balaban J connectivity index is 1.82. The van der Waals surface area contributed by atoms with E-state index in [0.29, 0.717) is 22.0 Å². The molecule has 3 aromatic rings. The number of hydrogen-bond donors (Lipinski definition) is 2. The van der Waals surface area contributed by atoms with Gasteiger partial charge in [0.15, 0.2) is 6.61 Å². The van der Waals surface area contributed by atoms with E-state index in [1.54, 1.807) is 56.3 Å². The highest BCUT2D eigenvalue weighted by Crippen LogP contribution is 2.34. The highest BCUT2D eigenvalue weighted by molar-refractivity contribution is 7.19. The van der Waals surface area contributed by atoms with Crippen molar-refractivity contribution in [2.24, 2.45) is 0 Å². The molecule has 0 aliphatic carbocycles. The fourth-order valence-electron chi connectivity index (χ4n) is 2.92. The molecule has 0 atom stereocenters. The van der Waals surface area contributed by atoms with Crippen LogP contribution < -0.4 is 15.4 Å². The first-order chi connectivity index (χ1) is 15.3. The first-order valence-electron chi connectivity index (χ1n) is 9.57. The molecule has 0 aliphatic heterocycles. The second-order valence-electron chi connectivity index (χ2n) is 6.77. The smallest absolute Gasteiger partial charge is 0.341 e. The number of methoxy groups -OCH3 is 1. The fraction of sp³-hybridized carbons (Fsp3) is 0.174. The van der Waals surface area contributed by atoms with Gasteiger partial charge in [-0.2, -0.15) is 0 Å². The van der Waals surface area contributed by atoms with Gasteiger partial charge in [-0.1, -0.05) is 35.9 Å². The topological polar surface area (TPSA) is 93.7 Å². The second kappa shape index (κ2) is 10.3. The number of thiophene rings is 1. The lowest BCUT2D eigenvalue weighted by Crippen LogP contribution is -2.21. The zero-order valence-electron chi connectivity index (χ0n) is 17.7. The summed E-state index contributed by atoms with van der Waals surface area (Å²) < 4.78 is 10.3. The third-order valence-corrected chi connectivity index (χ3v) is 6.24. The number of benzene rings is 2. The van der Waals surface area contributed by atoms with E-state index in [4.69, 9.17) is 21.1 Å². The monoisotopic (exact) mass is 472 g/mol. The molecule has 2 N–H and O–H groups in total. The van der Waals surface area contributed by atoms with E-state index in [1.807, 2.05) is 6.07 Å². The van der Waals surface area contributed by atoms with Crippen LogP contribution in [0.4, 0.5) is 10.7 Å². The number of carbonyl (C=O) groups is 3. The van der Waals surface area contributed by atoms with E-state index in [1.165, 1.54) is 7.11 Å². The molecule has 7 nitrogen and oxygen atoms in total. The average Bonchev–Trinajstić information content (AvgIpc) is 3.11. The minimum absolute atomic E-state index is 0.124. The minimum atomic E-state index is -0.656. The summed E-state index contributed by atoms with van der Waals surface area (Å²) in [5, 5.41) is 6.18. The molecule has 1 heterocycles. The average molecular weight is 473 g/mol. The molecule has 166 valence electrons. The van der Waals surface area contributed by atoms with Crippen molar-refractivity contribution in [1.29, 1.82) is 0 Å². The Labute approximate surface area is 194 Å². The third-order valence-electron chi connectivity index (χ3n) is 4.62. The van der Waals surface area contributed by atoms with Gasteiger partial charge in [0.2, 0.25) is 0 Å². The Morgan fingerprint density at radius 2 is 1.69 bits per heavy atom. The first-order valence-corrected chi connectivity index (χ1v) is 10.8. The molecule has 32 heavy (non-hydrogen) atoms. The lowest BCUT2D eigenvalue weighted by atomic mass is 10.1. The lowest BCUT2D eigenvalue weighted by Gasteiger charge is -2.09. The van der Waals surface area contributed by atoms with Crippen LogP contribution in [-0.4, -0.2) is 31.5 Å². The summed E-state index contributed by atoms with van der Waals surface area (Å²) in [7, 11) is 1.23. The van der Waals surface area contributed by atoms with Gasteiger partial charge in [-0.3, -0.25) is 9.59 Å². The Hall–Kier alpha value is -3.36. The van der Waals surface area contributed by atoms with Crippen LogP contribution in [0.5, 0.6) is 5.75 Å². The molecule has 0 bridgehead atoms. The van der Waals surface area contributed by atoms with Gasteiger partial charge < -0.3 is 20.1 Å². The van der Waals surface area contributed by atoms with Crippen molar-refractivity contribution < 1.29 is 23.9 Å². The number of hydrogen-bond acceptors (Lipinski definition) is 6. The zero-order chi connectivity index (χ0) is 23.3. The Kier molecular flexibility index (Phi) is 7.50. The van der Waals surface area contributed by atoms with Crippen LogP contribution in [0.3, 0.4) is 0 Å². The second-order valence-corrected chi connectivity index (χ2v) is 8.20. The zero-order valence-corrected chi connectivity index (χ0v) is 19.2. The Morgan fingerprint density at radius 3 is 2.38 bits per heavy atom. The van der Waals surface area contributed by atoms with Gasteiger partial charge in [0, 0.05) is 10.7 Å². The highest BCUT2D eigenvalue weighted by Gasteiger charge is 2.26. The number of amides is 2. The molecule has 2 aromatic carbocycles. The summed E-state index contributed by atoms with van der Waals surface area (Å²) in [6.45, 7) is 3.15. The van der Waals surface area contributed by atoms with Crippen LogP contribution >= 0.6 is 22.9 Å². The van der Waals surface area contributed by atoms with E-state index >= 15 is 0 Å². The SMILES string of the molecule is COC(=O)c1c(NC(=O)COc2ccccc2)sc(C(=O)Nc2cccc(Cl)c2C)c1C. The van der Waals surface area contributed by atoms with E-state index in [0.717, 1.165) is 16.9 Å². The van der Waals surface area contributed by atoms with Gasteiger partial charge in [-0.05, 0) is 49.2 Å². The molecular formula is C23H21ClN2O5S.